The second kappa shape index (κ2) is 14.3. The van der Waals surface area contributed by atoms with E-state index in [0.717, 1.165) is 71.2 Å². The minimum absolute atomic E-state index is 0.301. The highest BCUT2D eigenvalue weighted by Gasteiger charge is 2.53. The maximum Gasteiger partial charge on any atom is 0.303 e. The molecule has 0 amide bonds. The van der Waals surface area contributed by atoms with Crippen molar-refractivity contribution < 1.29 is 42.9 Å². The molecule has 2 aromatic heterocycles. The van der Waals surface area contributed by atoms with Gasteiger partial charge in [-0.25, -0.2) is 4.98 Å². The SMILES string of the molecule is CC(=O)OC[C@H]1O[C@@H](Sc2nc3c(c(-c4ccnc5ccccc45)c2C#N)CCCC3)[C@H](OC(C)=O)[C@@H](OC(C)=O)[C@H]1OC(C)=O. The summed E-state index contributed by atoms with van der Waals surface area (Å²) < 4.78 is 28.3. The number of benzene rings is 1. The van der Waals surface area contributed by atoms with Crippen molar-refractivity contribution in [1.82, 2.24) is 9.97 Å². The Morgan fingerprint density at radius 2 is 1.59 bits per heavy atom. The summed E-state index contributed by atoms with van der Waals surface area (Å²) in [7, 11) is 0. The summed E-state index contributed by atoms with van der Waals surface area (Å²) >= 11 is 1.02. The van der Waals surface area contributed by atoms with E-state index in [-0.39, 0.29) is 6.61 Å². The Bertz CT molecular complexity index is 1720. The van der Waals surface area contributed by atoms with Crippen molar-refractivity contribution in [2.75, 3.05) is 6.61 Å². The summed E-state index contributed by atoms with van der Waals surface area (Å²) in [6.07, 6.45) is -0.00628. The summed E-state index contributed by atoms with van der Waals surface area (Å²) in [5.74, 6) is -2.77. The quantitative estimate of drug-likeness (QED) is 0.252. The molecule has 0 radical (unpaired) electrons. The number of nitriles is 1. The number of rotatable bonds is 8. The maximum atomic E-state index is 12.4. The van der Waals surface area contributed by atoms with E-state index in [4.69, 9.17) is 28.7 Å². The molecule has 13 heteroatoms. The molecule has 1 aliphatic heterocycles. The number of ether oxygens (including phenoxy) is 5. The Kier molecular flexibility index (Phi) is 10.2. The number of pyridine rings is 2. The predicted molar refractivity (Wildman–Crippen MR) is 164 cm³/mol. The zero-order valence-corrected chi connectivity index (χ0v) is 26.6. The zero-order chi connectivity index (χ0) is 33.0. The molecule has 3 aromatic rings. The van der Waals surface area contributed by atoms with Crippen molar-refractivity contribution in [1.29, 1.82) is 5.26 Å². The third-order valence-corrected chi connectivity index (χ3v) is 8.78. The monoisotopic (exact) mass is 647 g/mol. The van der Waals surface area contributed by atoms with Crippen LogP contribution in [0.2, 0.25) is 0 Å². The average molecular weight is 648 g/mol. The topological polar surface area (TPSA) is 164 Å². The van der Waals surface area contributed by atoms with Crippen LogP contribution in [0.1, 0.15) is 57.4 Å². The maximum absolute atomic E-state index is 12.4. The summed E-state index contributed by atoms with van der Waals surface area (Å²) in [4.78, 5) is 58.0. The van der Waals surface area contributed by atoms with Crippen molar-refractivity contribution in [3.63, 3.8) is 0 Å². The van der Waals surface area contributed by atoms with Gasteiger partial charge in [-0.05, 0) is 48.9 Å². The molecule has 5 rings (SSSR count). The molecule has 46 heavy (non-hydrogen) atoms. The van der Waals surface area contributed by atoms with E-state index in [1.165, 1.54) is 20.8 Å². The first-order valence-electron chi connectivity index (χ1n) is 14.8. The molecule has 2 aliphatic rings. The number of aryl methyl sites for hydroxylation is 1. The Balaban J connectivity index is 1.66. The van der Waals surface area contributed by atoms with Crippen LogP contribution in [0.4, 0.5) is 0 Å². The van der Waals surface area contributed by atoms with Gasteiger partial charge in [0.2, 0.25) is 0 Å². The summed E-state index contributed by atoms with van der Waals surface area (Å²) in [6.45, 7) is 4.37. The molecule has 5 atom stereocenters. The van der Waals surface area contributed by atoms with Gasteiger partial charge in [-0.1, -0.05) is 30.0 Å². The molecule has 0 saturated carbocycles. The first kappa shape index (κ1) is 32.8. The Labute approximate surface area is 269 Å². The standard InChI is InChI=1S/C33H33N3O9S/c1-17(37)41-16-27-29(42-18(2)38)30(43-19(3)39)31(44-20(4)40)33(45-27)46-32-24(15-34)28(23-10-6-8-12-26(23)36-32)22-13-14-35-25-11-7-5-9-21(22)25/h5,7,9,11,13-14,27,29-31,33H,6,8,10,12,16H2,1-4H3/t27-,29+,30+,31-,33+/m1/s1. The van der Waals surface area contributed by atoms with Crippen molar-refractivity contribution in [3.8, 4) is 17.2 Å². The number of nitrogens with zero attached hydrogens (tertiary/aromatic N) is 3. The first-order valence-corrected chi connectivity index (χ1v) is 15.7. The summed E-state index contributed by atoms with van der Waals surface area (Å²) in [5, 5.41) is 11.9. The highest BCUT2D eigenvalue weighted by Crippen LogP contribution is 2.43. The van der Waals surface area contributed by atoms with E-state index in [1.54, 1.807) is 6.20 Å². The molecule has 1 fully saturated rings. The Morgan fingerprint density at radius 1 is 0.913 bits per heavy atom. The van der Waals surface area contributed by atoms with Gasteiger partial charge in [0.1, 0.15) is 23.8 Å². The molecule has 3 heterocycles. The molecule has 0 bridgehead atoms. The number of hydrogen-bond donors (Lipinski definition) is 0. The van der Waals surface area contributed by atoms with Crippen LogP contribution < -0.4 is 0 Å². The van der Waals surface area contributed by atoms with E-state index in [9.17, 15) is 24.4 Å². The average Bonchev–Trinajstić information content (AvgIpc) is 3.01. The van der Waals surface area contributed by atoms with Crippen LogP contribution >= 0.6 is 11.8 Å². The summed E-state index contributed by atoms with van der Waals surface area (Å²) in [6, 6.07) is 11.9. The van der Waals surface area contributed by atoms with E-state index in [0.29, 0.717) is 17.0 Å². The largest absolute Gasteiger partial charge is 0.463 e. The van der Waals surface area contributed by atoms with Crippen LogP contribution in [0.3, 0.4) is 0 Å². The number of esters is 4. The lowest BCUT2D eigenvalue weighted by atomic mass is 9.86. The number of carbonyl (C=O) groups excluding carboxylic acids is 4. The van der Waals surface area contributed by atoms with Crippen molar-refractivity contribution in [2.45, 2.75) is 88.3 Å². The number of carbonyl (C=O) groups is 4. The molecular formula is C33H33N3O9S. The molecule has 0 spiro atoms. The predicted octanol–water partition coefficient (Wildman–Crippen LogP) is 4.22. The van der Waals surface area contributed by atoms with E-state index >= 15 is 0 Å². The van der Waals surface area contributed by atoms with E-state index in [1.807, 2.05) is 30.3 Å². The smallest absolute Gasteiger partial charge is 0.303 e. The van der Waals surface area contributed by atoms with Gasteiger partial charge in [0.25, 0.3) is 0 Å². The number of para-hydroxylation sites is 1. The van der Waals surface area contributed by atoms with Crippen LogP contribution in [-0.2, 0) is 55.7 Å². The lowest BCUT2D eigenvalue weighted by Gasteiger charge is -2.44. The lowest BCUT2D eigenvalue weighted by molar-refractivity contribution is -0.237. The van der Waals surface area contributed by atoms with Gasteiger partial charge in [-0.3, -0.25) is 24.2 Å². The van der Waals surface area contributed by atoms with Gasteiger partial charge >= 0.3 is 23.9 Å². The first-order chi connectivity index (χ1) is 22.1. The van der Waals surface area contributed by atoms with Crippen molar-refractivity contribution in [3.05, 3.63) is 53.3 Å². The van der Waals surface area contributed by atoms with Crippen LogP contribution in [-0.4, -0.2) is 70.3 Å². The molecule has 240 valence electrons. The fraction of sp³-hybridized carbons (Fsp3) is 0.424. The minimum atomic E-state index is -1.33. The molecular weight excluding hydrogens is 614 g/mol. The Hall–Kier alpha value is -4.54. The van der Waals surface area contributed by atoms with Crippen LogP contribution in [0.5, 0.6) is 0 Å². The minimum Gasteiger partial charge on any atom is -0.463 e. The van der Waals surface area contributed by atoms with Gasteiger partial charge in [0.05, 0.1) is 11.1 Å². The second-order valence-electron chi connectivity index (χ2n) is 11.0. The summed E-state index contributed by atoms with van der Waals surface area (Å²) in [5.41, 5.74) is 3.38. The fourth-order valence-electron chi connectivity index (χ4n) is 5.91. The van der Waals surface area contributed by atoms with Gasteiger partial charge in [0.15, 0.2) is 23.7 Å². The molecule has 1 aromatic carbocycles. The zero-order valence-electron chi connectivity index (χ0n) is 25.8. The number of hydrogen-bond acceptors (Lipinski definition) is 13. The number of thioether (sulfide) groups is 1. The second-order valence-corrected chi connectivity index (χ2v) is 12.1. The number of fused-ring (bicyclic) bond motifs is 2. The molecule has 0 N–H and O–H groups in total. The Morgan fingerprint density at radius 3 is 2.28 bits per heavy atom. The normalized spacial score (nSPS) is 22.2. The highest BCUT2D eigenvalue weighted by atomic mass is 32.2. The fourth-order valence-corrected chi connectivity index (χ4v) is 7.10. The van der Waals surface area contributed by atoms with Crippen LogP contribution in [0.15, 0.2) is 41.6 Å². The third-order valence-electron chi connectivity index (χ3n) is 7.65. The molecule has 12 nitrogen and oxygen atoms in total. The van der Waals surface area contributed by atoms with Gasteiger partial charge < -0.3 is 23.7 Å². The third kappa shape index (κ3) is 7.13. The van der Waals surface area contributed by atoms with Gasteiger partial charge in [0, 0.05) is 50.5 Å². The van der Waals surface area contributed by atoms with Crippen LogP contribution in [0.25, 0.3) is 22.0 Å². The molecule has 1 saturated heterocycles. The van der Waals surface area contributed by atoms with E-state index < -0.39 is 53.7 Å². The van der Waals surface area contributed by atoms with Crippen molar-refractivity contribution >= 4 is 46.5 Å². The van der Waals surface area contributed by atoms with E-state index in [2.05, 4.69) is 11.1 Å². The van der Waals surface area contributed by atoms with Crippen LogP contribution in [0, 0.1) is 11.3 Å². The number of aromatic nitrogens is 2. The van der Waals surface area contributed by atoms with Crippen molar-refractivity contribution in [2.24, 2.45) is 0 Å². The molecule has 0 unspecified atom stereocenters. The highest BCUT2D eigenvalue weighted by molar-refractivity contribution is 7.99. The molecule has 1 aliphatic carbocycles. The van der Waals surface area contributed by atoms with Gasteiger partial charge in [-0.15, -0.1) is 0 Å². The lowest BCUT2D eigenvalue weighted by Crippen LogP contribution is -2.61. The van der Waals surface area contributed by atoms with Gasteiger partial charge in [-0.2, -0.15) is 5.26 Å².